The van der Waals surface area contributed by atoms with E-state index in [4.69, 9.17) is 9.47 Å². The molecule has 0 aliphatic rings. The Balaban J connectivity index is 1.24. The number of pyridine rings is 1. The fourth-order valence-electron chi connectivity index (χ4n) is 3.71. The summed E-state index contributed by atoms with van der Waals surface area (Å²) in [6.07, 6.45) is 10.8. The second-order valence-electron chi connectivity index (χ2n) is 8.22. The van der Waals surface area contributed by atoms with E-state index in [1.54, 1.807) is 20.4 Å². The lowest BCUT2D eigenvalue weighted by Crippen LogP contribution is -2.27. The van der Waals surface area contributed by atoms with Crippen LogP contribution < -0.4 is 20.1 Å². The molecule has 0 fully saturated rings. The summed E-state index contributed by atoms with van der Waals surface area (Å²) >= 11 is 0. The van der Waals surface area contributed by atoms with Crippen LogP contribution in [0.1, 0.15) is 30.4 Å². The third kappa shape index (κ3) is 8.91. The van der Waals surface area contributed by atoms with Crippen molar-refractivity contribution in [3.8, 4) is 22.6 Å². The SMILES string of the molecule is COc1ccc(CCCNCCCNC(=O)C/C=C/c2ccc(-c3cccnc3)cc2)cc1OC. The lowest BCUT2D eigenvalue weighted by atomic mass is 10.1. The lowest BCUT2D eigenvalue weighted by Gasteiger charge is -2.10. The summed E-state index contributed by atoms with van der Waals surface area (Å²) in [6.45, 7) is 2.49. The molecule has 0 aliphatic carbocycles. The fourth-order valence-corrected chi connectivity index (χ4v) is 3.71. The molecule has 1 heterocycles. The number of hydrogen-bond acceptors (Lipinski definition) is 5. The van der Waals surface area contributed by atoms with Crippen molar-refractivity contribution >= 4 is 12.0 Å². The minimum Gasteiger partial charge on any atom is -0.493 e. The van der Waals surface area contributed by atoms with E-state index in [-0.39, 0.29) is 5.91 Å². The zero-order chi connectivity index (χ0) is 24.7. The molecule has 6 heteroatoms. The molecule has 0 saturated heterocycles. The van der Waals surface area contributed by atoms with Crippen LogP contribution in [0.4, 0.5) is 0 Å². The maximum Gasteiger partial charge on any atom is 0.223 e. The molecule has 2 aromatic carbocycles. The van der Waals surface area contributed by atoms with Crippen molar-refractivity contribution in [1.82, 2.24) is 15.6 Å². The van der Waals surface area contributed by atoms with Gasteiger partial charge < -0.3 is 20.1 Å². The molecule has 0 atom stereocenters. The first-order valence-corrected chi connectivity index (χ1v) is 12.0. The Morgan fingerprint density at radius 1 is 0.914 bits per heavy atom. The van der Waals surface area contributed by atoms with E-state index in [9.17, 15) is 4.79 Å². The van der Waals surface area contributed by atoms with Crippen molar-refractivity contribution in [2.75, 3.05) is 33.9 Å². The quantitative estimate of drug-likeness (QED) is 0.326. The second-order valence-corrected chi connectivity index (χ2v) is 8.22. The third-order valence-electron chi connectivity index (χ3n) is 5.64. The molecular formula is C29H35N3O3. The van der Waals surface area contributed by atoms with Gasteiger partial charge in [0.2, 0.25) is 5.91 Å². The van der Waals surface area contributed by atoms with Crippen molar-refractivity contribution in [1.29, 1.82) is 0 Å². The summed E-state index contributed by atoms with van der Waals surface area (Å²) in [5, 5.41) is 6.41. The predicted molar refractivity (Wildman–Crippen MR) is 142 cm³/mol. The van der Waals surface area contributed by atoms with Crippen LogP contribution in [0.25, 0.3) is 17.2 Å². The summed E-state index contributed by atoms with van der Waals surface area (Å²) in [5.74, 6) is 1.56. The van der Waals surface area contributed by atoms with Crippen LogP contribution in [0, 0.1) is 0 Å². The van der Waals surface area contributed by atoms with Crippen LogP contribution in [0.3, 0.4) is 0 Å². The summed E-state index contributed by atoms with van der Waals surface area (Å²) in [7, 11) is 3.30. The van der Waals surface area contributed by atoms with Gasteiger partial charge in [0, 0.05) is 25.4 Å². The molecule has 0 spiro atoms. The third-order valence-corrected chi connectivity index (χ3v) is 5.64. The van der Waals surface area contributed by atoms with E-state index in [1.807, 2.05) is 54.7 Å². The highest BCUT2D eigenvalue weighted by molar-refractivity contribution is 5.78. The Morgan fingerprint density at radius 3 is 2.46 bits per heavy atom. The molecule has 0 unspecified atom stereocenters. The number of hydrogen-bond donors (Lipinski definition) is 2. The van der Waals surface area contributed by atoms with Crippen LogP contribution in [-0.4, -0.2) is 44.7 Å². The number of methoxy groups -OCH3 is 2. The first kappa shape index (κ1) is 26.0. The van der Waals surface area contributed by atoms with Crippen molar-refractivity contribution in [3.05, 3.63) is 84.2 Å². The average Bonchev–Trinajstić information content (AvgIpc) is 2.91. The predicted octanol–water partition coefficient (Wildman–Crippen LogP) is 4.90. The highest BCUT2D eigenvalue weighted by Gasteiger charge is 2.04. The summed E-state index contributed by atoms with van der Waals surface area (Å²) in [5.41, 5.74) is 4.52. The van der Waals surface area contributed by atoms with Crippen LogP contribution in [0.5, 0.6) is 11.5 Å². The van der Waals surface area contributed by atoms with E-state index >= 15 is 0 Å². The summed E-state index contributed by atoms with van der Waals surface area (Å²) < 4.78 is 10.6. The number of nitrogens with one attached hydrogen (secondary N) is 2. The maximum absolute atomic E-state index is 12.1. The molecule has 2 N–H and O–H groups in total. The van der Waals surface area contributed by atoms with Gasteiger partial charge in [-0.15, -0.1) is 0 Å². The van der Waals surface area contributed by atoms with Crippen molar-refractivity contribution in [2.45, 2.75) is 25.7 Å². The van der Waals surface area contributed by atoms with Gasteiger partial charge in [-0.1, -0.05) is 48.6 Å². The van der Waals surface area contributed by atoms with Crippen molar-refractivity contribution in [3.63, 3.8) is 0 Å². The number of nitrogens with zero attached hydrogens (tertiary/aromatic N) is 1. The minimum absolute atomic E-state index is 0.0432. The standard InChI is InChI=1S/C29H35N3O3/c1-34-27-16-13-24(21-28(27)35-2)8-4-17-30-19-6-20-32-29(33)10-3-7-23-11-14-25(15-12-23)26-9-5-18-31-22-26/h3,5,7,9,11-16,18,21-22,30H,4,6,8,10,17,19-20H2,1-2H3,(H,32,33)/b7-3+. The monoisotopic (exact) mass is 473 g/mol. The second kappa shape index (κ2) is 14.6. The van der Waals surface area contributed by atoms with Crippen LogP contribution >= 0.6 is 0 Å². The molecule has 1 aromatic heterocycles. The van der Waals surface area contributed by atoms with Crippen molar-refractivity contribution < 1.29 is 14.3 Å². The number of benzene rings is 2. The molecular weight excluding hydrogens is 438 g/mol. The Labute approximate surface area is 208 Å². The molecule has 0 aliphatic heterocycles. The fraction of sp³-hybridized carbons (Fsp3) is 0.310. The Bertz CT molecular complexity index is 1070. The van der Waals surface area contributed by atoms with E-state index in [1.165, 1.54) is 5.56 Å². The number of aromatic nitrogens is 1. The molecule has 35 heavy (non-hydrogen) atoms. The summed E-state index contributed by atoms with van der Waals surface area (Å²) in [6, 6.07) is 18.2. The minimum atomic E-state index is 0.0432. The number of aryl methyl sites for hydroxylation is 1. The average molecular weight is 474 g/mol. The summed E-state index contributed by atoms with van der Waals surface area (Å²) in [4.78, 5) is 16.2. The van der Waals surface area contributed by atoms with E-state index in [0.717, 1.165) is 60.5 Å². The number of carbonyl (C=O) groups excluding carboxylic acids is 1. The largest absolute Gasteiger partial charge is 0.493 e. The van der Waals surface area contributed by atoms with Gasteiger partial charge >= 0.3 is 0 Å². The van der Waals surface area contributed by atoms with Gasteiger partial charge in [-0.2, -0.15) is 0 Å². The van der Waals surface area contributed by atoms with Gasteiger partial charge in [-0.05, 0) is 72.8 Å². The molecule has 0 bridgehead atoms. The smallest absolute Gasteiger partial charge is 0.223 e. The molecule has 0 saturated carbocycles. The molecule has 1 amide bonds. The van der Waals surface area contributed by atoms with Gasteiger partial charge in [0.1, 0.15) is 0 Å². The molecule has 3 aromatic rings. The molecule has 0 radical (unpaired) electrons. The first-order valence-electron chi connectivity index (χ1n) is 12.0. The topological polar surface area (TPSA) is 72.5 Å². The van der Waals surface area contributed by atoms with Crippen molar-refractivity contribution in [2.24, 2.45) is 0 Å². The number of amides is 1. The Hall–Kier alpha value is -3.64. The first-order chi connectivity index (χ1) is 17.2. The van der Waals surface area contributed by atoms with E-state index < -0.39 is 0 Å². The molecule has 3 rings (SSSR count). The highest BCUT2D eigenvalue weighted by Crippen LogP contribution is 2.27. The van der Waals surface area contributed by atoms with Gasteiger partial charge in [0.25, 0.3) is 0 Å². The van der Waals surface area contributed by atoms with E-state index in [2.05, 4.69) is 33.8 Å². The zero-order valence-corrected chi connectivity index (χ0v) is 20.6. The van der Waals surface area contributed by atoms with Gasteiger partial charge in [0.05, 0.1) is 14.2 Å². The van der Waals surface area contributed by atoms with Crippen LogP contribution in [-0.2, 0) is 11.2 Å². The van der Waals surface area contributed by atoms with Gasteiger partial charge in [-0.25, -0.2) is 0 Å². The molecule has 184 valence electrons. The lowest BCUT2D eigenvalue weighted by molar-refractivity contribution is -0.120. The van der Waals surface area contributed by atoms with Crippen LogP contribution in [0.2, 0.25) is 0 Å². The number of carbonyl (C=O) groups is 1. The molecule has 6 nitrogen and oxygen atoms in total. The van der Waals surface area contributed by atoms with Crippen LogP contribution in [0.15, 0.2) is 73.1 Å². The highest BCUT2D eigenvalue weighted by atomic mass is 16.5. The normalized spacial score (nSPS) is 10.9. The van der Waals surface area contributed by atoms with Gasteiger partial charge in [0.15, 0.2) is 11.5 Å². The van der Waals surface area contributed by atoms with E-state index in [0.29, 0.717) is 13.0 Å². The maximum atomic E-state index is 12.1. The van der Waals surface area contributed by atoms with Gasteiger partial charge in [-0.3, -0.25) is 9.78 Å². The zero-order valence-electron chi connectivity index (χ0n) is 20.6. The Kier molecular flexibility index (Phi) is 10.8. The number of ether oxygens (including phenoxy) is 2. The Morgan fingerprint density at radius 2 is 1.71 bits per heavy atom. The number of rotatable bonds is 14.